The molecule has 0 unspecified atom stereocenters. The molecular weight excluding hydrogens is 304 g/mol. The van der Waals surface area contributed by atoms with Crippen molar-refractivity contribution < 1.29 is 9.21 Å². The third-order valence-corrected chi connectivity index (χ3v) is 4.32. The molecule has 3 aromatic rings. The Morgan fingerprint density at radius 1 is 1.32 bits per heavy atom. The molecule has 7 nitrogen and oxygen atoms in total. The van der Waals surface area contributed by atoms with Gasteiger partial charge in [-0.2, -0.15) is 0 Å². The van der Waals surface area contributed by atoms with E-state index in [2.05, 4.69) is 15.5 Å². The lowest BCUT2D eigenvalue weighted by Crippen LogP contribution is -2.22. The predicted molar refractivity (Wildman–Crippen MR) is 81.2 cm³/mol. The van der Waals surface area contributed by atoms with E-state index in [0.29, 0.717) is 16.9 Å². The third kappa shape index (κ3) is 2.08. The van der Waals surface area contributed by atoms with Gasteiger partial charge in [-0.15, -0.1) is 10.2 Å². The first-order valence-electron chi connectivity index (χ1n) is 6.62. The molecule has 1 aromatic carbocycles. The summed E-state index contributed by atoms with van der Waals surface area (Å²) >= 11 is 1.57. The molecule has 0 bridgehead atoms. The lowest BCUT2D eigenvalue weighted by molar-refractivity contribution is 0.102. The fourth-order valence-electron chi connectivity index (χ4n) is 2.31. The van der Waals surface area contributed by atoms with Crippen LogP contribution in [0.3, 0.4) is 0 Å². The van der Waals surface area contributed by atoms with E-state index in [1.54, 1.807) is 30.0 Å². The standard InChI is InChI=1S/C14H10N4O3S/c19-11(15-13-16-17-14-18(13)5-6-22-14)9-7-8-3-1-2-4-10(8)21-12(9)20/h1-4,7H,5-6H2,(H,15,16,19). The Hall–Kier alpha value is -2.61. The molecule has 0 spiro atoms. The molecule has 0 aliphatic carbocycles. The molecule has 0 atom stereocenters. The fourth-order valence-corrected chi connectivity index (χ4v) is 3.20. The molecule has 1 amide bonds. The van der Waals surface area contributed by atoms with Gasteiger partial charge in [0.05, 0.1) is 0 Å². The zero-order valence-electron chi connectivity index (χ0n) is 11.3. The van der Waals surface area contributed by atoms with Gasteiger partial charge in [0.1, 0.15) is 11.1 Å². The normalized spacial score (nSPS) is 13.3. The largest absolute Gasteiger partial charge is 0.422 e. The Kier molecular flexibility index (Phi) is 2.97. The van der Waals surface area contributed by atoms with Gasteiger partial charge >= 0.3 is 5.63 Å². The topological polar surface area (TPSA) is 90.0 Å². The number of hydrogen-bond acceptors (Lipinski definition) is 6. The number of anilines is 1. The number of aromatic nitrogens is 3. The highest BCUT2D eigenvalue weighted by molar-refractivity contribution is 7.99. The molecule has 0 fully saturated rings. The van der Waals surface area contributed by atoms with Crippen molar-refractivity contribution in [3.63, 3.8) is 0 Å². The molecule has 0 radical (unpaired) electrons. The molecule has 1 aliphatic heterocycles. The van der Waals surface area contributed by atoms with Gasteiger partial charge in [-0.05, 0) is 12.1 Å². The maximum atomic E-state index is 12.3. The maximum absolute atomic E-state index is 12.3. The Labute approximate surface area is 128 Å². The number of benzene rings is 1. The summed E-state index contributed by atoms with van der Waals surface area (Å²) in [6.07, 6.45) is 0. The molecule has 22 heavy (non-hydrogen) atoms. The van der Waals surface area contributed by atoms with E-state index in [-0.39, 0.29) is 5.56 Å². The third-order valence-electron chi connectivity index (χ3n) is 3.37. The SMILES string of the molecule is O=C(Nc1nnc2n1CCS2)c1cc2ccccc2oc1=O. The number of rotatable bonds is 2. The van der Waals surface area contributed by atoms with E-state index in [1.165, 1.54) is 6.07 Å². The average Bonchev–Trinajstić information content (AvgIpc) is 3.11. The van der Waals surface area contributed by atoms with Crippen LogP contribution in [0.4, 0.5) is 5.95 Å². The summed E-state index contributed by atoms with van der Waals surface area (Å²) in [6, 6.07) is 8.56. The first-order valence-corrected chi connectivity index (χ1v) is 7.61. The van der Waals surface area contributed by atoms with Crippen LogP contribution in [0, 0.1) is 0 Å². The Morgan fingerprint density at radius 3 is 3.09 bits per heavy atom. The van der Waals surface area contributed by atoms with Crippen molar-refractivity contribution in [2.45, 2.75) is 11.7 Å². The van der Waals surface area contributed by atoms with Gasteiger partial charge in [-0.25, -0.2) is 4.79 Å². The van der Waals surface area contributed by atoms with Crippen molar-refractivity contribution in [1.82, 2.24) is 14.8 Å². The minimum Gasteiger partial charge on any atom is -0.422 e. The molecule has 1 aliphatic rings. The van der Waals surface area contributed by atoms with Crippen LogP contribution >= 0.6 is 11.8 Å². The van der Waals surface area contributed by atoms with Crippen molar-refractivity contribution in [3.8, 4) is 0 Å². The number of para-hydroxylation sites is 1. The second-order valence-electron chi connectivity index (χ2n) is 4.75. The second-order valence-corrected chi connectivity index (χ2v) is 5.81. The minimum absolute atomic E-state index is 0.0540. The number of fused-ring (bicyclic) bond motifs is 2. The molecule has 8 heteroatoms. The zero-order valence-corrected chi connectivity index (χ0v) is 12.1. The molecular formula is C14H10N4O3S. The molecule has 110 valence electrons. The highest BCUT2D eigenvalue weighted by atomic mass is 32.2. The lowest BCUT2D eigenvalue weighted by Gasteiger charge is -2.05. The summed E-state index contributed by atoms with van der Waals surface area (Å²) in [5.74, 6) is 0.690. The van der Waals surface area contributed by atoms with Gasteiger partial charge in [0.25, 0.3) is 5.91 Å². The van der Waals surface area contributed by atoms with E-state index in [1.807, 2.05) is 10.6 Å². The van der Waals surface area contributed by atoms with Crippen LogP contribution in [0.2, 0.25) is 0 Å². The van der Waals surface area contributed by atoms with Gasteiger partial charge < -0.3 is 4.42 Å². The minimum atomic E-state index is -0.674. The van der Waals surface area contributed by atoms with Crippen molar-refractivity contribution >= 4 is 34.6 Å². The van der Waals surface area contributed by atoms with E-state index in [9.17, 15) is 9.59 Å². The summed E-state index contributed by atoms with van der Waals surface area (Å²) < 4.78 is 6.97. The fraction of sp³-hybridized carbons (Fsp3) is 0.143. The number of carbonyl (C=O) groups is 1. The number of carbonyl (C=O) groups excluding carboxylic acids is 1. The summed E-state index contributed by atoms with van der Waals surface area (Å²) in [4.78, 5) is 24.3. The number of amides is 1. The Bertz CT molecular complexity index is 947. The van der Waals surface area contributed by atoms with Crippen molar-refractivity contribution in [3.05, 3.63) is 46.3 Å². The predicted octanol–water partition coefficient (Wildman–Crippen LogP) is 1.74. The Morgan fingerprint density at radius 2 is 2.18 bits per heavy atom. The number of thioether (sulfide) groups is 1. The van der Waals surface area contributed by atoms with Crippen LogP contribution < -0.4 is 10.9 Å². The van der Waals surface area contributed by atoms with Crippen LogP contribution in [0.15, 0.2) is 44.7 Å². The average molecular weight is 314 g/mol. The molecule has 2 aromatic heterocycles. The molecule has 0 saturated heterocycles. The second kappa shape index (κ2) is 4.99. The molecule has 4 rings (SSSR count). The summed E-state index contributed by atoms with van der Waals surface area (Å²) in [5, 5.41) is 12.0. The number of nitrogens with zero attached hydrogens (tertiary/aromatic N) is 3. The maximum Gasteiger partial charge on any atom is 0.349 e. The van der Waals surface area contributed by atoms with Gasteiger partial charge in [0.15, 0.2) is 5.16 Å². The summed E-state index contributed by atoms with van der Waals surface area (Å²) in [5.41, 5.74) is -0.280. The van der Waals surface area contributed by atoms with Crippen molar-refractivity contribution in [2.24, 2.45) is 0 Å². The molecule has 0 saturated carbocycles. The van der Waals surface area contributed by atoms with E-state index in [0.717, 1.165) is 17.5 Å². The lowest BCUT2D eigenvalue weighted by atomic mass is 10.2. The van der Waals surface area contributed by atoms with Gasteiger partial charge in [-0.1, -0.05) is 30.0 Å². The highest BCUT2D eigenvalue weighted by Crippen LogP contribution is 2.26. The monoisotopic (exact) mass is 314 g/mol. The van der Waals surface area contributed by atoms with Crippen LogP contribution in [0.25, 0.3) is 11.0 Å². The van der Waals surface area contributed by atoms with Gasteiger partial charge in [0.2, 0.25) is 5.95 Å². The Balaban J connectivity index is 1.70. The zero-order chi connectivity index (χ0) is 15.1. The van der Waals surface area contributed by atoms with Crippen LogP contribution in [-0.4, -0.2) is 26.4 Å². The van der Waals surface area contributed by atoms with Gasteiger partial charge in [0, 0.05) is 17.7 Å². The number of nitrogens with one attached hydrogen (secondary N) is 1. The smallest absolute Gasteiger partial charge is 0.349 e. The number of hydrogen-bond donors (Lipinski definition) is 1. The van der Waals surface area contributed by atoms with Crippen molar-refractivity contribution in [1.29, 1.82) is 0 Å². The van der Waals surface area contributed by atoms with Crippen LogP contribution in [0.1, 0.15) is 10.4 Å². The van der Waals surface area contributed by atoms with E-state index in [4.69, 9.17) is 4.42 Å². The highest BCUT2D eigenvalue weighted by Gasteiger charge is 2.21. The van der Waals surface area contributed by atoms with E-state index < -0.39 is 11.5 Å². The first-order chi connectivity index (χ1) is 10.7. The van der Waals surface area contributed by atoms with Crippen molar-refractivity contribution in [2.75, 3.05) is 11.1 Å². The summed E-state index contributed by atoms with van der Waals surface area (Å²) in [6.45, 7) is 0.731. The van der Waals surface area contributed by atoms with E-state index >= 15 is 0 Å². The van der Waals surface area contributed by atoms with Gasteiger partial charge in [-0.3, -0.25) is 14.7 Å². The van der Waals surface area contributed by atoms with Crippen LogP contribution in [-0.2, 0) is 6.54 Å². The van der Waals surface area contributed by atoms with Crippen LogP contribution in [0.5, 0.6) is 0 Å². The molecule has 3 heterocycles. The molecule has 1 N–H and O–H groups in total. The summed E-state index contributed by atoms with van der Waals surface area (Å²) in [7, 11) is 0. The first kappa shape index (κ1) is 13.1. The quantitative estimate of drug-likeness (QED) is 0.725.